The standard InChI is InChI=1S/C14H18O/c15-12-7-8-14-11(9-12)6-5-10-3-1-2-4-13(10)14/h1,3,5-6,12-15H,2,4,7-9H2. The highest BCUT2D eigenvalue weighted by molar-refractivity contribution is 5.37. The molecular weight excluding hydrogens is 184 g/mol. The Balaban J connectivity index is 1.91. The predicted octanol–water partition coefficient (Wildman–Crippen LogP) is 2.98. The summed E-state index contributed by atoms with van der Waals surface area (Å²) >= 11 is 0. The Hall–Kier alpha value is -0.820. The zero-order valence-electron chi connectivity index (χ0n) is 9.02. The van der Waals surface area contributed by atoms with Crippen molar-refractivity contribution in [3.05, 3.63) is 35.5 Å². The van der Waals surface area contributed by atoms with Crippen LogP contribution in [0, 0.1) is 11.8 Å². The molecule has 1 N–H and O–H groups in total. The van der Waals surface area contributed by atoms with Crippen LogP contribution in [0.25, 0.3) is 0 Å². The third-order valence-corrected chi connectivity index (χ3v) is 4.12. The van der Waals surface area contributed by atoms with E-state index in [4.69, 9.17) is 0 Å². The smallest absolute Gasteiger partial charge is 0.0577 e. The Morgan fingerprint density at radius 2 is 2.00 bits per heavy atom. The molecule has 15 heavy (non-hydrogen) atoms. The highest BCUT2D eigenvalue weighted by atomic mass is 16.3. The number of allylic oxidation sites excluding steroid dienone is 5. The topological polar surface area (TPSA) is 20.2 Å². The highest BCUT2D eigenvalue weighted by Gasteiger charge is 2.33. The zero-order valence-corrected chi connectivity index (χ0v) is 9.02. The number of aliphatic hydroxyl groups excluding tert-OH is 1. The summed E-state index contributed by atoms with van der Waals surface area (Å²) in [6, 6.07) is 0. The summed E-state index contributed by atoms with van der Waals surface area (Å²) in [6.45, 7) is 0. The molecule has 0 amide bonds. The molecule has 0 radical (unpaired) electrons. The average Bonchev–Trinajstić information content (AvgIpc) is 2.28. The monoisotopic (exact) mass is 202 g/mol. The molecule has 1 nitrogen and oxygen atoms in total. The van der Waals surface area contributed by atoms with Gasteiger partial charge in [-0.1, -0.05) is 29.9 Å². The van der Waals surface area contributed by atoms with Gasteiger partial charge < -0.3 is 5.11 Å². The van der Waals surface area contributed by atoms with Gasteiger partial charge in [-0.05, 0) is 49.5 Å². The summed E-state index contributed by atoms with van der Waals surface area (Å²) in [5.41, 5.74) is 3.02. The fourth-order valence-corrected chi connectivity index (χ4v) is 3.34. The van der Waals surface area contributed by atoms with Crippen molar-refractivity contribution in [3.8, 4) is 0 Å². The first-order valence-corrected chi connectivity index (χ1v) is 6.10. The molecule has 0 aromatic heterocycles. The van der Waals surface area contributed by atoms with Gasteiger partial charge in [0.15, 0.2) is 0 Å². The summed E-state index contributed by atoms with van der Waals surface area (Å²) in [6.07, 6.45) is 14.7. The highest BCUT2D eigenvalue weighted by Crippen LogP contribution is 2.44. The lowest BCUT2D eigenvalue weighted by Crippen LogP contribution is -2.29. The van der Waals surface area contributed by atoms with Crippen LogP contribution in [-0.4, -0.2) is 11.2 Å². The molecule has 80 valence electrons. The van der Waals surface area contributed by atoms with Crippen molar-refractivity contribution in [1.29, 1.82) is 0 Å². The molecule has 0 aromatic rings. The van der Waals surface area contributed by atoms with Crippen molar-refractivity contribution in [1.82, 2.24) is 0 Å². The lowest BCUT2D eigenvalue weighted by molar-refractivity contribution is 0.125. The third kappa shape index (κ3) is 1.59. The maximum Gasteiger partial charge on any atom is 0.0577 e. The van der Waals surface area contributed by atoms with Crippen molar-refractivity contribution in [2.24, 2.45) is 11.8 Å². The van der Waals surface area contributed by atoms with Crippen LogP contribution in [0.2, 0.25) is 0 Å². The van der Waals surface area contributed by atoms with Crippen LogP contribution in [0.5, 0.6) is 0 Å². The van der Waals surface area contributed by atoms with Gasteiger partial charge in [-0.25, -0.2) is 0 Å². The minimum Gasteiger partial charge on any atom is -0.393 e. The fraction of sp³-hybridized carbons (Fsp3) is 0.571. The molecule has 3 aliphatic carbocycles. The van der Waals surface area contributed by atoms with Crippen molar-refractivity contribution in [2.45, 2.75) is 38.2 Å². The zero-order chi connectivity index (χ0) is 10.3. The largest absolute Gasteiger partial charge is 0.393 e. The first-order valence-electron chi connectivity index (χ1n) is 6.10. The fourth-order valence-electron chi connectivity index (χ4n) is 3.34. The second-order valence-corrected chi connectivity index (χ2v) is 5.04. The van der Waals surface area contributed by atoms with Crippen molar-refractivity contribution < 1.29 is 5.11 Å². The molecule has 3 atom stereocenters. The third-order valence-electron chi connectivity index (χ3n) is 4.12. The van der Waals surface area contributed by atoms with Crippen LogP contribution in [0.3, 0.4) is 0 Å². The SMILES string of the molecule is OC1CCC2C(=CC=C3C=CCCC32)C1. The number of hydrogen-bond donors (Lipinski definition) is 1. The van der Waals surface area contributed by atoms with Crippen LogP contribution < -0.4 is 0 Å². The van der Waals surface area contributed by atoms with E-state index in [-0.39, 0.29) is 6.10 Å². The van der Waals surface area contributed by atoms with Gasteiger partial charge in [0.05, 0.1) is 6.10 Å². The van der Waals surface area contributed by atoms with Crippen LogP contribution in [0.15, 0.2) is 35.5 Å². The molecule has 1 heteroatoms. The van der Waals surface area contributed by atoms with E-state index in [1.54, 1.807) is 0 Å². The molecule has 1 fully saturated rings. The Bertz CT molecular complexity index is 348. The van der Waals surface area contributed by atoms with Gasteiger partial charge in [-0.3, -0.25) is 0 Å². The maximum atomic E-state index is 9.67. The second-order valence-electron chi connectivity index (χ2n) is 5.04. The van der Waals surface area contributed by atoms with E-state index in [1.807, 2.05) is 0 Å². The average molecular weight is 202 g/mol. The summed E-state index contributed by atoms with van der Waals surface area (Å²) in [7, 11) is 0. The van der Waals surface area contributed by atoms with E-state index >= 15 is 0 Å². The van der Waals surface area contributed by atoms with E-state index < -0.39 is 0 Å². The van der Waals surface area contributed by atoms with Crippen LogP contribution in [0.4, 0.5) is 0 Å². The lowest BCUT2D eigenvalue weighted by atomic mass is 9.67. The van der Waals surface area contributed by atoms with Gasteiger partial charge in [0, 0.05) is 0 Å². The molecule has 0 aromatic carbocycles. The van der Waals surface area contributed by atoms with Crippen LogP contribution in [-0.2, 0) is 0 Å². The summed E-state index contributed by atoms with van der Waals surface area (Å²) in [5.74, 6) is 1.49. The minimum atomic E-state index is -0.0819. The minimum absolute atomic E-state index is 0.0819. The van der Waals surface area contributed by atoms with Crippen LogP contribution >= 0.6 is 0 Å². The molecule has 0 bridgehead atoms. The Morgan fingerprint density at radius 1 is 1.07 bits per heavy atom. The molecular formula is C14H18O. The number of rotatable bonds is 0. The van der Waals surface area contributed by atoms with Gasteiger partial charge in [-0.2, -0.15) is 0 Å². The first kappa shape index (κ1) is 9.41. The van der Waals surface area contributed by atoms with E-state index in [9.17, 15) is 5.11 Å². The molecule has 3 rings (SSSR count). The van der Waals surface area contributed by atoms with Crippen molar-refractivity contribution in [3.63, 3.8) is 0 Å². The van der Waals surface area contributed by atoms with E-state index in [0.29, 0.717) is 0 Å². The van der Waals surface area contributed by atoms with Gasteiger partial charge >= 0.3 is 0 Å². The van der Waals surface area contributed by atoms with Crippen molar-refractivity contribution in [2.75, 3.05) is 0 Å². The van der Waals surface area contributed by atoms with E-state index in [0.717, 1.165) is 24.7 Å². The first-order chi connectivity index (χ1) is 7.34. The molecule has 0 saturated heterocycles. The molecule has 3 unspecified atom stereocenters. The van der Waals surface area contributed by atoms with E-state index in [2.05, 4.69) is 24.3 Å². The van der Waals surface area contributed by atoms with E-state index in [1.165, 1.54) is 30.4 Å². The second kappa shape index (κ2) is 3.64. The normalized spacial score (nSPS) is 38.9. The number of aliphatic hydroxyl groups is 1. The van der Waals surface area contributed by atoms with Gasteiger partial charge in [0.25, 0.3) is 0 Å². The summed E-state index contributed by atoms with van der Waals surface area (Å²) in [5, 5.41) is 9.67. The molecule has 1 saturated carbocycles. The predicted molar refractivity (Wildman–Crippen MR) is 61.4 cm³/mol. The van der Waals surface area contributed by atoms with Gasteiger partial charge in [-0.15, -0.1) is 0 Å². The Morgan fingerprint density at radius 3 is 2.93 bits per heavy atom. The number of hydrogen-bond acceptors (Lipinski definition) is 1. The molecule has 0 aliphatic heterocycles. The lowest BCUT2D eigenvalue weighted by Gasteiger charge is -2.38. The van der Waals surface area contributed by atoms with Crippen molar-refractivity contribution >= 4 is 0 Å². The van der Waals surface area contributed by atoms with Gasteiger partial charge in [0.2, 0.25) is 0 Å². The maximum absolute atomic E-state index is 9.67. The quantitative estimate of drug-likeness (QED) is 0.640. The van der Waals surface area contributed by atoms with Crippen LogP contribution in [0.1, 0.15) is 32.1 Å². The summed E-state index contributed by atoms with van der Waals surface area (Å²) < 4.78 is 0. The Kier molecular flexibility index (Phi) is 2.28. The Labute approximate surface area is 91.2 Å². The molecule has 0 heterocycles. The van der Waals surface area contributed by atoms with Gasteiger partial charge in [0.1, 0.15) is 0 Å². The number of fused-ring (bicyclic) bond motifs is 3. The molecule has 0 spiro atoms. The summed E-state index contributed by atoms with van der Waals surface area (Å²) in [4.78, 5) is 0. The molecule has 3 aliphatic rings.